The molecule has 6 heteroatoms. The maximum absolute atomic E-state index is 12.5. The minimum Gasteiger partial charge on any atom is -0.395 e. The predicted octanol–water partition coefficient (Wildman–Crippen LogP) is 9.41. The van der Waals surface area contributed by atoms with E-state index in [2.05, 4.69) is 53.7 Å². The van der Waals surface area contributed by atoms with Gasteiger partial charge >= 0.3 is 12.3 Å². The van der Waals surface area contributed by atoms with Crippen LogP contribution in [0.2, 0.25) is 0 Å². The lowest BCUT2D eigenvalue weighted by Gasteiger charge is -2.29. The molecule has 0 aromatic heterocycles. The van der Waals surface area contributed by atoms with Crippen LogP contribution in [-0.4, -0.2) is 12.3 Å². The molecule has 0 fully saturated rings. The van der Waals surface area contributed by atoms with Crippen LogP contribution < -0.4 is 18.9 Å². The Kier molecular flexibility index (Phi) is 9.13. The Morgan fingerprint density at radius 1 is 0.537 bits per heavy atom. The van der Waals surface area contributed by atoms with Crippen LogP contribution in [0.4, 0.5) is 9.59 Å². The number of rotatable bonds is 8. The molecular formula is C35H36O6. The largest absolute Gasteiger partial charge is 0.519 e. The number of hydrogen-bond donors (Lipinski definition) is 0. The Morgan fingerprint density at radius 2 is 0.902 bits per heavy atom. The fourth-order valence-electron chi connectivity index (χ4n) is 4.52. The number of para-hydroxylation sites is 2. The summed E-state index contributed by atoms with van der Waals surface area (Å²) in [6.07, 6.45) is -1.57. The first kappa shape index (κ1) is 29.4. The van der Waals surface area contributed by atoms with Crippen molar-refractivity contribution in [2.24, 2.45) is 0 Å². The lowest BCUT2D eigenvalue weighted by Crippen LogP contribution is -2.21. The van der Waals surface area contributed by atoms with Gasteiger partial charge in [0.05, 0.1) is 0 Å². The molecule has 0 radical (unpaired) electrons. The SMILES string of the molecule is CC(C)c1cc(C(C)(C)c2ccc(OC(=O)Oc3ccccc3)c(C(C)C)c2)ccc1OC(=O)Oc1ccccc1. The van der Waals surface area contributed by atoms with Crippen molar-refractivity contribution in [3.05, 3.63) is 119 Å². The zero-order chi connectivity index (χ0) is 29.6. The van der Waals surface area contributed by atoms with Gasteiger partial charge < -0.3 is 18.9 Å². The summed E-state index contributed by atoms with van der Waals surface area (Å²) in [5, 5.41) is 0. The van der Waals surface area contributed by atoms with Crippen LogP contribution in [0.25, 0.3) is 0 Å². The second kappa shape index (κ2) is 12.7. The Morgan fingerprint density at radius 3 is 1.24 bits per heavy atom. The van der Waals surface area contributed by atoms with Crippen molar-refractivity contribution in [2.75, 3.05) is 0 Å². The average Bonchev–Trinajstić information content (AvgIpc) is 2.94. The van der Waals surface area contributed by atoms with E-state index in [4.69, 9.17) is 18.9 Å². The lowest BCUT2D eigenvalue weighted by molar-refractivity contribution is 0.150. The topological polar surface area (TPSA) is 71.1 Å². The summed E-state index contributed by atoms with van der Waals surface area (Å²) in [6, 6.07) is 29.4. The van der Waals surface area contributed by atoms with Gasteiger partial charge in [-0.3, -0.25) is 0 Å². The minimum absolute atomic E-state index is 0.0999. The van der Waals surface area contributed by atoms with Gasteiger partial charge in [-0.05, 0) is 70.5 Å². The zero-order valence-corrected chi connectivity index (χ0v) is 24.3. The molecule has 0 aliphatic carbocycles. The molecule has 0 aliphatic rings. The first-order valence-electron chi connectivity index (χ1n) is 13.7. The highest BCUT2D eigenvalue weighted by Crippen LogP contribution is 2.39. The minimum atomic E-state index is -0.784. The monoisotopic (exact) mass is 552 g/mol. The molecular weight excluding hydrogens is 516 g/mol. The quantitative estimate of drug-likeness (QED) is 0.160. The molecule has 212 valence electrons. The van der Waals surface area contributed by atoms with Gasteiger partial charge in [0.15, 0.2) is 0 Å². The Labute approximate surface area is 241 Å². The molecule has 0 saturated carbocycles. The Bertz CT molecular complexity index is 1380. The summed E-state index contributed by atoms with van der Waals surface area (Å²) in [4.78, 5) is 25.0. The van der Waals surface area contributed by atoms with Crippen molar-refractivity contribution in [1.29, 1.82) is 0 Å². The smallest absolute Gasteiger partial charge is 0.395 e. The third-order valence-corrected chi connectivity index (χ3v) is 6.98. The standard InChI is InChI=1S/C35H36O6/c1-23(2)29-21-25(17-19-31(29)40-33(36)38-27-13-9-7-10-14-27)35(5,6)26-18-20-32(30(22-26)24(3)4)41-34(37)39-28-15-11-8-12-16-28/h7-24H,1-6H3. The van der Waals surface area contributed by atoms with Gasteiger partial charge in [-0.25, -0.2) is 9.59 Å². The van der Waals surface area contributed by atoms with Crippen molar-refractivity contribution in [1.82, 2.24) is 0 Å². The molecule has 0 atom stereocenters. The number of carbonyl (C=O) groups excluding carboxylic acids is 2. The first-order valence-corrected chi connectivity index (χ1v) is 13.7. The molecule has 0 amide bonds. The van der Waals surface area contributed by atoms with Crippen LogP contribution in [0.5, 0.6) is 23.0 Å². The lowest BCUT2D eigenvalue weighted by atomic mass is 9.76. The molecule has 0 spiro atoms. The van der Waals surface area contributed by atoms with Crippen LogP contribution in [0.1, 0.15) is 75.6 Å². The van der Waals surface area contributed by atoms with Gasteiger partial charge in [0.1, 0.15) is 23.0 Å². The van der Waals surface area contributed by atoms with E-state index in [1.54, 1.807) is 48.5 Å². The predicted molar refractivity (Wildman–Crippen MR) is 159 cm³/mol. The van der Waals surface area contributed by atoms with Crippen molar-refractivity contribution >= 4 is 12.3 Å². The molecule has 41 heavy (non-hydrogen) atoms. The van der Waals surface area contributed by atoms with Gasteiger partial charge in [-0.15, -0.1) is 0 Å². The molecule has 0 aliphatic heterocycles. The van der Waals surface area contributed by atoms with E-state index in [-0.39, 0.29) is 11.8 Å². The number of ether oxygens (including phenoxy) is 4. The van der Waals surface area contributed by atoms with Crippen molar-refractivity contribution in [3.8, 4) is 23.0 Å². The van der Waals surface area contributed by atoms with Crippen molar-refractivity contribution in [2.45, 2.75) is 58.8 Å². The summed E-state index contributed by atoms with van der Waals surface area (Å²) in [5.41, 5.74) is 3.50. The van der Waals surface area contributed by atoms with Gasteiger partial charge in [-0.2, -0.15) is 0 Å². The summed E-state index contributed by atoms with van der Waals surface area (Å²) in [6.45, 7) is 12.5. The molecule has 0 saturated heterocycles. The summed E-state index contributed by atoms with van der Waals surface area (Å²) < 4.78 is 21.9. The Balaban J connectivity index is 1.57. The highest BCUT2D eigenvalue weighted by Gasteiger charge is 2.27. The van der Waals surface area contributed by atoms with E-state index in [0.717, 1.165) is 22.3 Å². The number of hydrogen-bond acceptors (Lipinski definition) is 6. The van der Waals surface area contributed by atoms with E-state index in [1.165, 1.54) is 0 Å². The molecule has 4 aromatic carbocycles. The third-order valence-electron chi connectivity index (χ3n) is 6.98. The summed E-state index contributed by atoms with van der Waals surface area (Å²) >= 11 is 0. The van der Waals surface area contributed by atoms with E-state index >= 15 is 0 Å². The maximum Gasteiger partial charge on any atom is 0.519 e. The summed E-state index contributed by atoms with van der Waals surface area (Å²) in [5.74, 6) is 1.96. The Hall–Kier alpha value is -4.58. The van der Waals surface area contributed by atoms with E-state index in [9.17, 15) is 9.59 Å². The second-order valence-electron chi connectivity index (χ2n) is 11.0. The van der Waals surface area contributed by atoms with Crippen molar-refractivity contribution < 1.29 is 28.5 Å². The van der Waals surface area contributed by atoms with Gasteiger partial charge in [0.25, 0.3) is 0 Å². The third kappa shape index (κ3) is 7.34. The number of benzene rings is 4. The molecule has 0 N–H and O–H groups in total. The normalized spacial score (nSPS) is 11.3. The molecule has 4 aromatic rings. The number of carbonyl (C=O) groups is 2. The van der Waals surface area contributed by atoms with Crippen LogP contribution >= 0.6 is 0 Å². The molecule has 4 rings (SSSR count). The first-order chi connectivity index (χ1) is 19.5. The van der Waals surface area contributed by atoms with E-state index in [0.29, 0.717) is 23.0 Å². The second-order valence-corrected chi connectivity index (χ2v) is 11.0. The zero-order valence-electron chi connectivity index (χ0n) is 24.3. The van der Waals surface area contributed by atoms with Crippen LogP contribution in [-0.2, 0) is 5.41 Å². The van der Waals surface area contributed by atoms with Gasteiger partial charge in [0, 0.05) is 5.41 Å². The van der Waals surface area contributed by atoms with Crippen LogP contribution in [0.3, 0.4) is 0 Å². The molecule has 0 unspecified atom stereocenters. The summed E-state index contributed by atoms with van der Waals surface area (Å²) in [7, 11) is 0. The fourth-order valence-corrected chi connectivity index (χ4v) is 4.52. The molecule has 6 nitrogen and oxygen atoms in total. The molecule has 0 heterocycles. The van der Waals surface area contributed by atoms with Gasteiger partial charge in [0.2, 0.25) is 0 Å². The van der Waals surface area contributed by atoms with E-state index < -0.39 is 17.7 Å². The highest BCUT2D eigenvalue weighted by molar-refractivity contribution is 5.69. The maximum atomic E-state index is 12.5. The fraction of sp³-hybridized carbons (Fsp3) is 0.257. The highest BCUT2D eigenvalue weighted by atomic mass is 16.7. The molecule has 0 bridgehead atoms. The van der Waals surface area contributed by atoms with Crippen LogP contribution in [0, 0.1) is 0 Å². The average molecular weight is 553 g/mol. The van der Waals surface area contributed by atoms with Crippen LogP contribution in [0.15, 0.2) is 97.1 Å². The van der Waals surface area contributed by atoms with Gasteiger partial charge in [-0.1, -0.05) is 102 Å². The van der Waals surface area contributed by atoms with Crippen molar-refractivity contribution in [3.63, 3.8) is 0 Å². The van der Waals surface area contributed by atoms with E-state index in [1.807, 2.05) is 36.4 Å².